The molecule has 1 amide bonds. The monoisotopic (exact) mass is 311 g/mol. The van der Waals surface area contributed by atoms with Crippen LogP contribution in [0.4, 0.5) is 5.69 Å². The summed E-state index contributed by atoms with van der Waals surface area (Å²) in [6.07, 6.45) is 0.365. The highest BCUT2D eigenvalue weighted by molar-refractivity contribution is 6.00. The number of amides is 1. The molecule has 0 atom stereocenters. The van der Waals surface area contributed by atoms with Crippen LogP contribution in [0.2, 0.25) is 0 Å². The molecule has 0 spiro atoms. The van der Waals surface area contributed by atoms with Gasteiger partial charge in [-0.05, 0) is 43.7 Å². The lowest BCUT2D eigenvalue weighted by atomic mass is 9.99. The summed E-state index contributed by atoms with van der Waals surface area (Å²) in [5.74, 6) is 0.550. The van der Waals surface area contributed by atoms with Crippen LogP contribution in [0.1, 0.15) is 34.3 Å². The van der Waals surface area contributed by atoms with Gasteiger partial charge in [-0.25, -0.2) is 0 Å². The van der Waals surface area contributed by atoms with E-state index in [1.165, 1.54) is 0 Å². The van der Waals surface area contributed by atoms with Crippen LogP contribution in [0.3, 0.4) is 0 Å². The third-order valence-electron chi connectivity index (χ3n) is 3.64. The van der Waals surface area contributed by atoms with Gasteiger partial charge in [0.1, 0.15) is 5.75 Å². The van der Waals surface area contributed by atoms with Crippen molar-refractivity contribution in [3.05, 3.63) is 59.2 Å². The first-order chi connectivity index (χ1) is 11.0. The third-order valence-corrected chi connectivity index (χ3v) is 3.64. The number of carbonyl (C=O) groups excluding carboxylic acids is 2. The number of rotatable bonds is 6. The minimum absolute atomic E-state index is 0.00705. The van der Waals surface area contributed by atoms with Crippen molar-refractivity contribution in [2.24, 2.45) is 0 Å². The molecule has 4 heteroatoms. The van der Waals surface area contributed by atoms with E-state index in [0.29, 0.717) is 11.3 Å². The molecule has 2 rings (SSSR count). The Kier molecular flexibility index (Phi) is 5.52. The number of ether oxygens (including phenoxy) is 1. The summed E-state index contributed by atoms with van der Waals surface area (Å²) in [5, 5.41) is 2.78. The lowest BCUT2D eigenvalue weighted by Crippen LogP contribution is -2.13. The van der Waals surface area contributed by atoms with E-state index in [2.05, 4.69) is 5.32 Å². The quantitative estimate of drug-likeness (QED) is 0.823. The fraction of sp³-hybridized carbons (Fsp3) is 0.263. The first-order valence-corrected chi connectivity index (χ1v) is 7.54. The van der Waals surface area contributed by atoms with E-state index in [0.717, 1.165) is 16.9 Å². The molecule has 0 saturated heterocycles. The molecule has 0 aliphatic rings. The second kappa shape index (κ2) is 7.58. The topological polar surface area (TPSA) is 55.4 Å². The molecule has 0 aliphatic carbocycles. The van der Waals surface area contributed by atoms with Gasteiger partial charge in [-0.2, -0.15) is 0 Å². The number of Topliss-reactive ketones (excluding diaryl/α,β-unsaturated/α-hetero) is 1. The van der Waals surface area contributed by atoms with Crippen molar-refractivity contribution in [2.75, 3.05) is 12.4 Å². The first-order valence-electron chi connectivity index (χ1n) is 7.54. The highest BCUT2D eigenvalue weighted by atomic mass is 16.5. The molecule has 0 aromatic heterocycles. The summed E-state index contributed by atoms with van der Waals surface area (Å²) in [6.45, 7) is 3.90. The summed E-state index contributed by atoms with van der Waals surface area (Å²) in [6, 6.07) is 12.8. The summed E-state index contributed by atoms with van der Waals surface area (Å²) < 4.78 is 5.06. The van der Waals surface area contributed by atoms with E-state index >= 15 is 0 Å². The molecule has 23 heavy (non-hydrogen) atoms. The van der Waals surface area contributed by atoms with Crippen molar-refractivity contribution in [1.82, 2.24) is 0 Å². The maximum atomic E-state index is 12.2. The van der Waals surface area contributed by atoms with Crippen LogP contribution < -0.4 is 10.1 Å². The predicted octanol–water partition coefficient (Wildman–Crippen LogP) is 3.91. The number of benzene rings is 2. The number of ketones is 1. The van der Waals surface area contributed by atoms with Gasteiger partial charge in [0.15, 0.2) is 5.78 Å². The van der Waals surface area contributed by atoms with Crippen LogP contribution in [-0.4, -0.2) is 18.8 Å². The molecule has 0 radical (unpaired) electrons. The zero-order valence-corrected chi connectivity index (χ0v) is 13.7. The fourth-order valence-corrected chi connectivity index (χ4v) is 2.39. The van der Waals surface area contributed by atoms with Gasteiger partial charge in [-0.15, -0.1) is 0 Å². The van der Waals surface area contributed by atoms with E-state index < -0.39 is 0 Å². The number of carbonyl (C=O) groups is 2. The van der Waals surface area contributed by atoms with Gasteiger partial charge in [0.2, 0.25) is 5.91 Å². The van der Waals surface area contributed by atoms with E-state index in [1.807, 2.05) is 32.0 Å². The standard InChI is InChI=1S/C19H21NO3/c1-13-4-9-17(14(2)12-13)18(21)10-11-19(22)20-15-5-7-16(23-3)8-6-15/h4-9,12H,10-11H2,1-3H3,(H,20,22). The Hall–Kier alpha value is -2.62. The normalized spacial score (nSPS) is 10.2. The van der Waals surface area contributed by atoms with Crippen LogP contribution >= 0.6 is 0 Å². The van der Waals surface area contributed by atoms with E-state index in [9.17, 15) is 9.59 Å². The zero-order chi connectivity index (χ0) is 16.8. The van der Waals surface area contributed by atoms with Gasteiger partial charge in [-0.1, -0.05) is 23.8 Å². The minimum atomic E-state index is -0.173. The van der Waals surface area contributed by atoms with Crippen molar-refractivity contribution >= 4 is 17.4 Å². The number of nitrogens with one attached hydrogen (secondary N) is 1. The molecule has 2 aromatic carbocycles. The van der Waals surface area contributed by atoms with Crippen molar-refractivity contribution in [3.63, 3.8) is 0 Å². The molecule has 4 nitrogen and oxygen atoms in total. The summed E-state index contributed by atoms with van der Waals surface area (Å²) in [7, 11) is 1.59. The van der Waals surface area contributed by atoms with Gasteiger partial charge in [0.05, 0.1) is 7.11 Å². The third kappa shape index (κ3) is 4.68. The molecule has 0 fully saturated rings. The van der Waals surface area contributed by atoms with Crippen LogP contribution in [-0.2, 0) is 4.79 Å². The smallest absolute Gasteiger partial charge is 0.224 e. The second-order valence-corrected chi connectivity index (χ2v) is 5.52. The number of hydrogen-bond acceptors (Lipinski definition) is 3. The molecular weight excluding hydrogens is 290 g/mol. The Bertz CT molecular complexity index is 705. The Labute approximate surface area is 136 Å². The van der Waals surface area contributed by atoms with Gasteiger partial charge < -0.3 is 10.1 Å². The lowest BCUT2D eigenvalue weighted by Gasteiger charge is -2.08. The summed E-state index contributed by atoms with van der Waals surface area (Å²) in [4.78, 5) is 24.2. The number of methoxy groups -OCH3 is 1. The van der Waals surface area contributed by atoms with Crippen LogP contribution in [0.25, 0.3) is 0 Å². The van der Waals surface area contributed by atoms with E-state index in [1.54, 1.807) is 31.4 Å². The van der Waals surface area contributed by atoms with Gasteiger partial charge in [0.25, 0.3) is 0 Å². The second-order valence-electron chi connectivity index (χ2n) is 5.52. The highest BCUT2D eigenvalue weighted by Crippen LogP contribution is 2.16. The van der Waals surface area contributed by atoms with Gasteiger partial charge in [-0.3, -0.25) is 9.59 Å². The lowest BCUT2D eigenvalue weighted by molar-refractivity contribution is -0.116. The van der Waals surface area contributed by atoms with Crippen molar-refractivity contribution in [1.29, 1.82) is 0 Å². The van der Waals surface area contributed by atoms with E-state index in [-0.39, 0.29) is 24.5 Å². The SMILES string of the molecule is COc1ccc(NC(=O)CCC(=O)c2ccc(C)cc2C)cc1. The molecule has 0 bridgehead atoms. The van der Waals surface area contributed by atoms with E-state index in [4.69, 9.17) is 4.74 Å². The van der Waals surface area contributed by atoms with Crippen molar-refractivity contribution in [2.45, 2.75) is 26.7 Å². The van der Waals surface area contributed by atoms with Crippen molar-refractivity contribution in [3.8, 4) is 5.75 Å². The molecule has 120 valence electrons. The Balaban J connectivity index is 1.89. The average molecular weight is 311 g/mol. The van der Waals surface area contributed by atoms with Gasteiger partial charge >= 0.3 is 0 Å². The molecule has 0 unspecified atom stereocenters. The number of aryl methyl sites for hydroxylation is 2. The molecule has 2 aromatic rings. The van der Waals surface area contributed by atoms with Gasteiger partial charge in [0, 0.05) is 24.1 Å². The molecule has 1 N–H and O–H groups in total. The first kappa shape index (κ1) is 16.7. The Morgan fingerprint density at radius 1 is 1.00 bits per heavy atom. The average Bonchev–Trinajstić information content (AvgIpc) is 2.53. The Morgan fingerprint density at radius 3 is 2.30 bits per heavy atom. The maximum absolute atomic E-state index is 12.2. The number of hydrogen-bond donors (Lipinski definition) is 1. The summed E-state index contributed by atoms with van der Waals surface area (Å²) >= 11 is 0. The largest absolute Gasteiger partial charge is 0.497 e. The van der Waals surface area contributed by atoms with Crippen LogP contribution in [0.15, 0.2) is 42.5 Å². The number of anilines is 1. The predicted molar refractivity (Wildman–Crippen MR) is 91.1 cm³/mol. The molecular formula is C19H21NO3. The molecule has 0 heterocycles. The summed E-state index contributed by atoms with van der Waals surface area (Å²) in [5.41, 5.74) is 3.45. The minimum Gasteiger partial charge on any atom is -0.497 e. The Morgan fingerprint density at radius 2 is 1.70 bits per heavy atom. The zero-order valence-electron chi connectivity index (χ0n) is 13.7. The van der Waals surface area contributed by atoms with Crippen LogP contribution in [0.5, 0.6) is 5.75 Å². The molecule has 0 aliphatic heterocycles. The highest BCUT2D eigenvalue weighted by Gasteiger charge is 2.12. The van der Waals surface area contributed by atoms with Crippen LogP contribution in [0, 0.1) is 13.8 Å². The van der Waals surface area contributed by atoms with Crippen molar-refractivity contribution < 1.29 is 14.3 Å². The fourth-order valence-electron chi connectivity index (χ4n) is 2.39. The maximum Gasteiger partial charge on any atom is 0.224 e. The molecule has 0 saturated carbocycles.